The lowest BCUT2D eigenvalue weighted by atomic mass is 9.90. The van der Waals surface area contributed by atoms with Crippen LogP contribution in [0.2, 0.25) is 0 Å². The normalized spacial score (nSPS) is 14.0. The predicted molar refractivity (Wildman–Crippen MR) is 210 cm³/mol. The zero-order chi connectivity index (χ0) is 33.0. The summed E-state index contributed by atoms with van der Waals surface area (Å²) in [5, 5.41) is 6.47. The van der Waals surface area contributed by atoms with Gasteiger partial charge in [0.1, 0.15) is 0 Å². The molecule has 1 aliphatic carbocycles. The molecule has 1 unspecified atom stereocenters. The summed E-state index contributed by atoms with van der Waals surface area (Å²) in [7, 11) is 0. The van der Waals surface area contributed by atoms with Crippen molar-refractivity contribution in [1.29, 1.82) is 0 Å². The number of aromatic nitrogens is 2. The van der Waals surface area contributed by atoms with Crippen LogP contribution < -0.4 is 10.6 Å². The topological polar surface area (TPSA) is 9.86 Å². The molecule has 0 amide bonds. The lowest BCUT2D eigenvalue weighted by Crippen LogP contribution is -2.31. The number of rotatable bonds is 5. The van der Waals surface area contributed by atoms with Gasteiger partial charge in [-0.15, -0.1) is 0 Å². The minimum atomic E-state index is 0.277. The number of para-hydroxylation sites is 3. The predicted octanol–water partition coefficient (Wildman–Crippen LogP) is 10.8. The number of benzene rings is 7. The van der Waals surface area contributed by atoms with Crippen molar-refractivity contribution in [2.45, 2.75) is 12.3 Å². The Kier molecular flexibility index (Phi) is 6.67. The van der Waals surface area contributed by atoms with E-state index in [9.17, 15) is 0 Å². The van der Waals surface area contributed by atoms with Gasteiger partial charge in [-0.3, -0.25) is 0 Å². The third kappa shape index (κ3) is 4.57. The second kappa shape index (κ2) is 11.6. The van der Waals surface area contributed by atoms with E-state index in [0.29, 0.717) is 0 Å². The van der Waals surface area contributed by atoms with Crippen molar-refractivity contribution in [3.8, 4) is 33.6 Å². The molecule has 2 nitrogen and oxygen atoms in total. The maximum atomic E-state index is 2.51. The molecule has 0 aliphatic heterocycles. The highest BCUT2D eigenvalue weighted by Crippen LogP contribution is 2.40. The molecule has 1 atom stereocenters. The van der Waals surface area contributed by atoms with Crippen molar-refractivity contribution < 1.29 is 0 Å². The molecule has 50 heavy (non-hydrogen) atoms. The lowest BCUT2D eigenvalue weighted by Gasteiger charge is -2.16. The van der Waals surface area contributed by atoms with Gasteiger partial charge < -0.3 is 9.13 Å². The summed E-state index contributed by atoms with van der Waals surface area (Å²) in [6.07, 6.45) is 5.92. The van der Waals surface area contributed by atoms with Crippen LogP contribution >= 0.6 is 0 Å². The molecule has 0 bridgehead atoms. The zero-order valence-corrected chi connectivity index (χ0v) is 27.6. The standard InChI is InChI=1S/C48H34N2/c1-4-13-33(14-5-1)34-23-27-39(28-24-34)49-45-22-11-10-19-41(45)43-31-36(25-29-46(43)49)37-26-30-47-44(32-37)42-21-12-20-40(35-15-6-2-7-16-35)48(42)50(47)38-17-8-3-9-18-38/h1-24,26-32,36H,25H2. The van der Waals surface area contributed by atoms with Gasteiger partial charge in [0.05, 0.1) is 16.6 Å². The summed E-state index contributed by atoms with van der Waals surface area (Å²) in [6, 6.07) is 63.9. The van der Waals surface area contributed by atoms with Crippen LogP contribution in [-0.4, -0.2) is 9.13 Å². The van der Waals surface area contributed by atoms with E-state index in [1.807, 2.05) is 0 Å². The summed E-state index contributed by atoms with van der Waals surface area (Å²) < 4.78 is 4.89. The highest BCUT2D eigenvalue weighted by atomic mass is 15.0. The fourth-order valence-corrected chi connectivity index (χ4v) is 8.13. The molecular weight excluding hydrogens is 605 g/mol. The average molecular weight is 639 g/mol. The quantitative estimate of drug-likeness (QED) is 0.178. The van der Waals surface area contributed by atoms with Crippen molar-refractivity contribution in [1.82, 2.24) is 9.13 Å². The number of fused-ring (bicyclic) bond motifs is 6. The number of hydrogen-bond acceptors (Lipinski definition) is 0. The maximum absolute atomic E-state index is 2.51. The van der Waals surface area contributed by atoms with E-state index in [1.165, 1.54) is 82.5 Å². The average Bonchev–Trinajstić information content (AvgIpc) is 3.71. The highest BCUT2D eigenvalue weighted by molar-refractivity contribution is 6.14. The molecule has 2 heteroatoms. The fraction of sp³-hybridized carbons (Fsp3) is 0.0417. The van der Waals surface area contributed by atoms with Crippen LogP contribution in [0.1, 0.15) is 17.9 Å². The molecule has 2 aromatic heterocycles. The first-order valence-corrected chi connectivity index (χ1v) is 17.5. The van der Waals surface area contributed by atoms with Gasteiger partial charge in [-0.1, -0.05) is 146 Å². The summed E-state index contributed by atoms with van der Waals surface area (Å²) in [4.78, 5) is 0. The van der Waals surface area contributed by atoms with E-state index in [1.54, 1.807) is 0 Å². The SMILES string of the molecule is C1=c2c(n(-c3ccc(-c4ccccc4)cc3)c3ccccc23)=CCC1c1ccc2c(c1)c1cccc(-c3ccccc3)c1n2-c1ccccc1. The largest absolute Gasteiger partial charge is 0.310 e. The van der Waals surface area contributed by atoms with Crippen molar-refractivity contribution >= 4 is 44.9 Å². The van der Waals surface area contributed by atoms with E-state index >= 15 is 0 Å². The molecule has 0 saturated heterocycles. The maximum Gasteiger partial charge on any atom is 0.0619 e. The van der Waals surface area contributed by atoms with Gasteiger partial charge in [0.2, 0.25) is 0 Å². The van der Waals surface area contributed by atoms with Crippen LogP contribution in [0.3, 0.4) is 0 Å². The smallest absolute Gasteiger partial charge is 0.0619 e. The van der Waals surface area contributed by atoms with Gasteiger partial charge >= 0.3 is 0 Å². The molecule has 7 aromatic carbocycles. The van der Waals surface area contributed by atoms with Crippen LogP contribution in [0.25, 0.3) is 78.5 Å². The second-order valence-electron chi connectivity index (χ2n) is 13.3. The number of hydrogen-bond donors (Lipinski definition) is 0. The van der Waals surface area contributed by atoms with Crippen LogP contribution in [-0.2, 0) is 0 Å². The number of nitrogens with zero attached hydrogens (tertiary/aromatic N) is 2. The van der Waals surface area contributed by atoms with E-state index in [-0.39, 0.29) is 5.92 Å². The molecule has 0 spiro atoms. The molecule has 9 aromatic rings. The van der Waals surface area contributed by atoms with Gasteiger partial charge in [-0.2, -0.15) is 0 Å². The Morgan fingerprint density at radius 3 is 1.84 bits per heavy atom. The first kappa shape index (κ1) is 28.6. The Labute approximate surface area is 291 Å². The molecule has 236 valence electrons. The zero-order valence-electron chi connectivity index (χ0n) is 27.6. The van der Waals surface area contributed by atoms with Gasteiger partial charge in [-0.05, 0) is 71.1 Å². The summed E-state index contributed by atoms with van der Waals surface area (Å²) in [5.41, 5.74) is 12.4. The monoisotopic (exact) mass is 638 g/mol. The van der Waals surface area contributed by atoms with Gasteiger partial charge in [-0.25, -0.2) is 0 Å². The van der Waals surface area contributed by atoms with Crippen molar-refractivity contribution in [3.63, 3.8) is 0 Å². The van der Waals surface area contributed by atoms with Crippen molar-refractivity contribution in [2.75, 3.05) is 0 Å². The molecule has 10 rings (SSSR count). The lowest BCUT2D eigenvalue weighted by molar-refractivity contribution is 0.909. The molecule has 0 radical (unpaired) electrons. The van der Waals surface area contributed by atoms with E-state index in [4.69, 9.17) is 0 Å². The third-order valence-corrected chi connectivity index (χ3v) is 10.5. The van der Waals surface area contributed by atoms with Crippen molar-refractivity contribution in [2.24, 2.45) is 0 Å². The Hall–Kier alpha value is -6.38. The Balaban J connectivity index is 1.13. The Morgan fingerprint density at radius 2 is 1.06 bits per heavy atom. The first-order chi connectivity index (χ1) is 24.8. The van der Waals surface area contributed by atoms with Crippen LogP contribution in [0, 0.1) is 0 Å². The fourth-order valence-electron chi connectivity index (χ4n) is 8.13. The van der Waals surface area contributed by atoms with E-state index in [2.05, 4.69) is 197 Å². The summed E-state index contributed by atoms with van der Waals surface area (Å²) >= 11 is 0. The van der Waals surface area contributed by atoms with Crippen LogP contribution in [0.5, 0.6) is 0 Å². The van der Waals surface area contributed by atoms with E-state index in [0.717, 1.165) is 6.42 Å². The summed E-state index contributed by atoms with van der Waals surface area (Å²) in [6.45, 7) is 0. The Morgan fingerprint density at radius 1 is 0.440 bits per heavy atom. The molecule has 2 heterocycles. The van der Waals surface area contributed by atoms with Gasteiger partial charge in [0.25, 0.3) is 0 Å². The van der Waals surface area contributed by atoms with Gasteiger partial charge in [0, 0.05) is 49.6 Å². The van der Waals surface area contributed by atoms with Gasteiger partial charge in [0.15, 0.2) is 0 Å². The van der Waals surface area contributed by atoms with E-state index < -0.39 is 0 Å². The first-order valence-electron chi connectivity index (χ1n) is 17.5. The minimum absolute atomic E-state index is 0.277. The molecule has 1 aliphatic rings. The molecular formula is C48H34N2. The summed E-state index contributed by atoms with van der Waals surface area (Å²) in [5.74, 6) is 0.277. The second-order valence-corrected chi connectivity index (χ2v) is 13.3. The van der Waals surface area contributed by atoms with Crippen molar-refractivity contribution in [3.05, 3.63) is 192 Å². The Bertz CT molecular complexity index is 2810. The molecule has 0 fully saturated rings. The van der Waals surface area contributed by atoms with Crippen LogP contribution in [0.4, 0.5) is 0 Å². The third-order valence-electron chi connectivity index (χ3n) is 10.5. The minimum Gasteiger partial charge on any atom is -0.310 e. The molecule has 0 saturated carbocycles. The molecule has 0 N–H and O–H groups in total. The van der Waals surface area contributed by atoms with Crippen LogP contribution in [0.15, 0.2) is 176 Å². The highest BCUT2D eigenvalue weighted by Gasteiger charge is 2.20.